The minimum atomic E-state index is -0.101. The summed E-state index contributed by atoms with van der Waals surface area (Å²) in [6, 6.07) is 8.44. The molecule has 2 aromatic rings. The van der Waals surface area contributed by atoms with E-state index in [-0.39, 0.29) is 18.0 Å². The van der Waals surface area contributed by atoms with Gasteiger partial charge in [-0.2, -0.15) is 0 Å². The minimum Gasteiger partial charge on any atom is -0.381 e. The number of rotatable bonds is 5. The maximum atomic E-state index is 12.1. The molecule has 1 aliphatic rings. The molecule has 3 rings (SSSR count). The van der Waals surface area contributed by atoms with Crippen molar-refractivity contribution in [2.45, 2.75) is 32.4 Å². The van der Waals surface area contributed by atoms with Crippen molar-refractivity contribution < 1.29 is 4.79 Å². The second-order valence-corrected chi connectivity index (χ2v) is 6.61. The Labute approximate surface area is 136 Å². The van der Waals surface area contributed by atoms with Gasteiger partial charge in [0.1, 0.15) is 0 Å². The lowest BCUT2D eigenvalue weighted by atomic mass is 10.1. The molecule has 0 radical (unpaired) electrons. The van der Waals surface area contributed by atoms with E-state index in [0.29, 0.717) is 5.92 Å². The van der Waals surface area contributed by atoms with Crippen molar-refractivity contribution in [1.82, 2.24) is 15.6 Å². The molecule has 1 aliphatic heterocycles. The number of hydrogen-bond acceptors (Lipinski definition) is 4. The van der Waals surface area contributed by atoms with Gasteiger partial charge in [-0.15, -0.1) is 0 Å². The fourth-order valence-electron chi connectivity index (χ4n) is 2.88. The molecule has 0 saturated carbocycles. The first-order valence-corrected chi connectivity index (χ1v) is 8.23. The van der Waals surface area contributed by atoms with Crippen LogP contribution in [0.4, 0.5) is 5.69 Å². The number of nitrogens with zero attached hydrogens (tertiary/aromatic N) is 1. The van der Waals surface area contributed by atoms with Crippen molar-refractivity contribution in [2.24, 2.45) is 5.92 Å². The van der Waals surface area contributed by atoms with Gasteiger partial charge in [0, 0.05) is 42.6 Å². The molecule has 5 nitrogen and oxygen atoms in total. The largest absolute Gasteiger partial charge is 0.381 e. The van der Waals surface area contributed by atoms with E-state index in [4.69, 9.17) is 0 Å². The molecule has 1 fully saturated rings. The van der Waals surface area contributed by atoms with Gasteiger partial charge in [-0.1, -0.05) is 19.9 Å². The van der Waals surface area contributed by atoms with Crippen LogP contribution in [0.15, 0.2) is 36.7 Å². The second kappa shape index (κ2) is 6.96. The zero-order chi connectivity index (χ0) is 16.2. The number of aromatic nitrogens is 1. The molecule has 2 heterocycles. The summed E-state index contributed by atoms with van der Waals surface area (Å²) in [5.41, 5.74) is 1.08. The number of carbonyl (C=O) groups excluding carboxylic acids is 1. The molecule has 122 valence electrons. The highest BCUT2D eigenvalue weighted by atomic mass is 16.2. The van der Waals surface area contributed by atoms with E-state index in [1.807, 2.05) is 12.3 Å². The van der Waals surface area contributed by atoms with Crippen LogP contribution >= 0.6 is 0 Å². The van der Waals surface area contributed by atoms with Crippen molar-refractivity contribution in [2.75, 3.05) is 18.4 Å². The Kier molecular flexibility index (Phi) is 4.76. The van der Waals surface area contributed by atoms with Gasteiger partial charge < -0.3 is 16.0 Å². The van der Waals surface area contributed by atoms with Crippen LogP contribution in [0.25, 0.3) is 10.8 Å². The van der Waals surface area contributed by atoms with Crippen LogP contribution in [0.1, 0.15) is 20.3 Å². The average molecular weight is 312 g/mol. The molecule has 1 amide bonds. The van der Waals surface area contributed by atoms with Gasteiger partial charge in [0.2, 0.25) is 5.91 Å². The minimum absolute atomic E-state index is 0.101. The standard InChI is InChI=1S/C18H24N4O/c1-12(2)9-21-18(23)17-8-16(11-20-17)22-15-4-3-14-10-19-6-5-13(14)7-15/h3-7,10,12,16-17,20,22H,8-9,11H2,1-2H3,(H,21,23)/t16-,17-/m0/s1. The van der Waals surface area contributed by atoms with E-state index < -0.39 is 0 Å². The van der Waals surface area contributed by atoms with Gasteiger partial charge in [0.05, 0.1) is 6.04 Å². The molecule has 23 heavy (non-hydrogen) atoms. The lowest BCUT2D eigenvalue weighted by molar-refractivity contribution is -0.122. The molecule has 0 aliphatic carbocycles. The van der Waals surface area contributed by atoms with Gasteiger partial charge in [0.15, 0.2) is 0 Å². The zero-order valence-electron chi connectivity index (χ0n) is 13.7. The van der Waals surface area contributed by atoms with E-state index >= 15 is 0 Å². The first kappa shape index (κ1) is 15.7. The number of fused-ring (bicyclic) bond motifs is 1. The summed E-state index contributed by atoms with van der Waals surface area (Å²) in [5.74, 6) is 0.578. The molecule has 5 heteroatoms. The monoisotopic (exact) mass is 312 g/mol. The Hall–Kier alpha value is -2.14. The van der Waals surface area contributed by atoms with Crippen molar-refractivity contribution in [3.05, 3.63) is 36.7 Å². The molecule has 0 bridgehead atoms. The molecule has 1 aromatic heterocycles. The first-order chi connectivity index (χ1) is 11.1. The van der Waals surface area contributed by atoms with Crippen LogP contribution in [-0.4, -0.2) is 36.1 Å². The predicted molar refractivity (Wildman–Crippen MR) is 93.4 cm³/mol. The smallest absolute Gasteiger partial charge is 0.237 e. The van der Waals surface area contributed by atoms with Crippen LogP contribution in [-0.2, 0) is 4.79 Å². The molecule has 0 unspecified atom stereocenters. The van der Waals surface area contributed by atoms with E-state index in [0.717, 1.165) is 30.6 Å². The summed E-state index contributed by atoms with van der Waals surface area (Å²) in [6.45, 7) is 5.73. The maximum absolute atomic E-state index is 12.1. The normalized spacial score (nSPS) is 20.8. The van der Waals surface area contributed by atoms with E-state index in [9.17, 15) is 4.79 Å². The highest BCUT2D eigenvalue weighted by molar-refractivity contribution is 5.85. The Morgan fingerprint density at radius 3 is 3.04 bits per heavy atom. The molecule has 0 spiro atoms. The number of nitrogens with one attached hydrogen (secondary N) is 3. The third-order valence-corrected chi connectivity index (χ3v) is 4.14. The van der Waals surface area contributed by atoms with E-state index in [2.05, 4.69) is 53.0 Å². The summed E-state index contributed by atoms with van der Waals surface area (Å²) in [6.07, 6.45) is 4.47. The molecular formula is C18H24N4O. The van der Waals surface area contributed by atoms with Crippen molar-refractivity contribution in [3.8, 4) is 0 Å². The van der Waals surface area contributed by atoms with Gasteiger partial charge in [0.25, 0.3) is 0 Å². The van der Waals surface area contributed by atoms with Gasteiger partial charge >= 0.3 is 0 Å². The quantitative estimate of drug-likeness (QED) is 0.791. The Balaban J connectivity index is 1.57. The molecule has 1 saturated heterocycles. The Morgan fingerprint density at radius 1 is 1.35 bits per heavy atom. The number of benzene rings is 1. The molecule has 3 N–H and O–H groups in total. The van der Waals surface area contributed by atoms with Crippen LogP contribution in [0, 0.1) is 5.92 Å². The van der Waals surface area contributed by atoms with Crippen LogP contribution in [0.3, 0.4) is 0 Å². The molecular weight excluding hydrogens is 288 g/mol. The highest BCUT2D eigenvalue weighted by Gasteiger charge is 2.29. The third kappa shape index (κ3) is 3.99. The SMILES string of the molecule is CC(C)CNC(=O)[C@@H]1C[C@H](Nc2ccc3cnccc3c2)CN1. The van der Waals surface area contributed by atoms with Gasteiger partial charge in [-0.25, -0.2) is 0 Å². The summed E-state index contributed by atoms with van der Waals surface area (Å²) >= 11 is 0. The first-order valence-electron chi connectivity index (χ1n) is 8.23. The van der Waals surface area contributed by atoms with Crippen LogP contribution < -0.4 is 16.0 Å². The average Bonchev–Trinajstić information content (AvgIpc) is 3.01. The van der Waals surface area contributed by atoms with Gasteiger partial charge in [-0.3, -0.25) is 9.78 Å². The van der Waals surface area contributed by atoms with Crippen molar-refractivity contribution >= 4 is 22.4 Å². The fraction of sp³-hybridized carbons (Fsp3) is 0.444. The molecule has 1 aromatic carbocycles. The lowest BCUT2D eigenvalue weighted by Crippen LogP contribution is -2.41. The Bertz CT molecular complexity index is 686. The Morgan fingerprint density at radius 2 is 2.22 bits per heavy atom. The number of anilines is 1. The van der Waals surface area contributed by atoms with E-state index in [1.54, 1.807) is 6.20 Å². The summed E-state index contributed by atoms with van der Waals surface area (Å²) in [5, 5.41) is 12.1. The number of amides is 1. The third-order valence-electron chi connectivity index (χ3n) is 4.14. The topological polar surface area (TPSA) is 66.0 Å². The fourth-order valence-corrected chi connectivity index (χ4v) is 2.88. The summed E-state index contributed by atoms with van der Waals surface area (Å²) in [4.78, 5) is 16.2. The number of hydrogen-bond donors (Lipinski definition) is 3. The molecule has 2 atom stereocenters. The zero-order valence-corrected chi connectivity index (χ0v) is 13.7. The van der Waals surface area contributed by atoms with Crippen LogP contribution in [0.5, 0.6) is 0 Å². The van der Waals surface area contributed by atoms with E-state index in [1.165, 1.54) is 5.39 Å². The highest BCUT2D eigenvalue weighted by Crippen LogP contribution is 2.20. The van der Waals surface area contributed by atoms with Crippen LogP contribution in [0.2, 0.25) is 0 Å². The van der Waals surface area contributed by atoms with Crippen molar-refractivity contribution in [3.63, 3.8) is 0 Å². The van der Waals surface area contributed by atoms with Gasteiger partial charge in [-0.05, 0) is 35.9 Å². The van der Waals surface area contributed by atoms with Crippen molar-refractivity contribution in [1.29, 1.82) is 0 Å². The lowest BCUT2D eigenvalue weighted by Gasteiger charge is -2.15. The maximum Gasteiger partial charge on any atom is 0.237 e. The summed E-state index contributed by atoms with van der Waals surface area (Å²) in [7, 11) is 0. The summed E-state index contributed by atoms with van der Waals surface area (Å²) < 4.78 is 0. The predicted octanol–water partition coefficient (Wildman–Crippen LogP) is 2.15. The number of pyridine rings is 1. The second-order valence-electron chi connectivity index (χ2n) is 6.61. The number of carbonyl (C=O) groups is 1.